The molecule has 0 amide bonds. The van der Waals surface area contributed by atoms with E-state index in [4.69, 9.17) is 21.1 Å². The Kier molecular flexibility index (Phi) is 6.52. The fourth-order valence-electron chi connectivity index (χ4n) is 1.73. The third-order valence-corrected chi connectivity index (χ3v) is 2.69. The Bertz CT molecular complexity index is 327. The molecule has 1 aromatic rings. The molecule has 0 aliphatic heterocycles. The maximum atomic E-state index is 6.00. The van der Waals surface area contributed by atoms with Crippen molar-refractivity contribution in [3.8, 4) is 0 Å². The third kappa shape index (κ3) is 4.28. The molecule has 96 valence electrons. The largest absolute Gasteiger partial charge is 0.351 e. The highest BCUT2D eigenvalue weighted by Gasteiger charge is 2.22. The number of likely N-dealkylation sites (N-methyl/N-ethyl adjacent to an activating group) is 1. The molecule has 1 aromatic carbocycles. The summed E-state index contributed by atoms with van der Waals surface area (Å²) in [6.45, 7) is 5.14. The Morgan fingerprint density at radius 3 is 2.35 bits per heavy atom. The van der Waals surface area contributed by atoms with Gasteiger partial charge in [-0.15, -0.1) is 0 Å². The minimum Gasteiger partial charge on any atom is -0.351 e. The van der Waals surface area contributed by atoms with Gasteiger partial charge in [0.2, 0.25) is 0 Å². The molecule has 1 atom stereocenters. The molecule has 0 bridgehead atoms. The minimum atomic E-state index is -0.298. The van der Waals surface area contributed by atoms with E-state index in [1.165, 1.54) is 0 Å². The average Bonchev–Trinajstić information content (AvgIpc) is 2.31. The molecule has 0 aliphatic carbocycles. The summed E-state index contributed by atoms with van der Waals surface area (Å²) in [5.41, 5.74) is 1.06. The van der Waals surface area contributed by atoms with Crippen molar-refractivity contribution in [2.24, 2.45) is 0 Å². The van der Waals surface area contributed by atoms with Gasteiger partial charge in [0.25, 0.3) is 0 Å². The van der Waals surface area contributed by atoms with Crippen molar-refractivity contribution in [2.45, 2.75) is 26.2 Å². The predicted molar refractivity (Wildman–Crippen MR) is 70.3 cm³/mol. The van der Waals surface area contributed by atoms with Gasteiger partial charge in [0, 0.05) is 18.2 Å². The van der Waals surface area contributed by atoms with Crippen LogP contribution in [-0.2, 0) is 9.47 Å². The van der Waals surface area contributed by atoms with Crippen LogP contribution in [0.5, 0.6) is 0 Å². The molecule has 0 aromatic heterocycles. The van der Waals surface area contributed by atoms with Gasteiger partial charge in [0.1, 0.15) is 0 Å². The number of ether oxygens (including phenoxy) is 2. The summed E-state index contributed by atoms with van der Waals surface area (Å²) in [6.07, 6.45) is -0.298. The fraction of sp³-hybridized carbons (Fsp3) is 0.538. The molecule has 0 radical (unpaired) electrons. The lowest BCUT2D eigenvalue weighted by Crippen LogP contribution is -2.34. The van der Waals surface area contributed by atoms with E-state index in [1.54, 1.807) is 0 Å². The van der Waals surface area contributed by atoms with Crippen molar-refractivity contribution in [3.05, 3.63) is 34.9 Å². The zero-order valence-corrected chi connectivity index (χ0v) is 11.3. The Balaban J connectivity index is 2.87. The monoisotopic (exact) mass is 257 g/mol. The minimum absolute atomic E-state index is 0.0198. The molecule has 1 rings (SSSR count). The summed E-state index contributed by atoms with van der Waals surface area (Å²) >= 11 is 6.00. The van der Waals surface area contributed by atoms with E-state index in [2.05, 4.69) is 5.32 Å². The van der Waals surface area contributed by atoms with Crippen LogP contribution in [0.1, 0.15) is 25.5 Å². The lowest BCUT2D eigenvalue weighted by atomic mass is 10.1. The highest BCUT2D eigenvalue weighted by atomic mass is 35.5. The Hall–Kier alpha value is -0.610. The number of benzene rings is 1. The van der Waals surface area contributed by atoms with Crippen molar-refractivity contribution in [2.75, 3.05) is 20.3 Å². The molecule has 0 aliphatic rings. The van der Waals surface area contributed by atoms with Crippen LogP contribution in [0.2, 0.25) is 5.02 Å². The van der Waals surface area contributed by atoms with E-state index in [9.17, 15) is 0 Å². The van der Waals surface area contributed by atoms with Crippen LogP contribution in [0.4, 0.5) is 0 Å². The molecule has 3 nitrogen and oxygen atoms in total. The summed E-state index contributed by atoms with van der Waals surface area (Å²) in [5, 5.41) is 3.92. The number of halogens is 1. The standard InChI is InChI=1S/C13H20ClNO2/c1-4-16-13(17-5-2)12(15-3)10-7-6-8-11(14)9-10/h6-9,12-13,15H,4-5H2,1-3H3. The number of hydrogen-bond acceptors (Lipinski definition) is 3. The quantitative estimate of drug-likeness (QED) is 0.762. The van der Waals surface area contributed by atoms with Gasteiger partial charge in [-0.2, -0.15) is 0 Å². The normalized spacial score (nSPS) is 13.0. The maximum Gasteiger partial charge on any atom is 0.176 e. The van der Waals surface area contributed by atoms with E-state index >= 15 is 0 Å². The second-order valence-electron chi connectivity index (χ2n) is 3.60. The molecule has 0 fully saturated rings. The van der Waals surface area contributed by atoms with Crippen molar-refractivity contribution in [1.82, 2.24) is 5.32 Å². The van der Waals surface area contributed by atoms with Gasteiger partial charge in [0.15, 0.2) is 6.29 Å². The Labute approximate surface area is 108 Å². The van der Waals surface area contributed by atoms with Gasteiger partial charge >= 0.3 is 0 Å². The van der Waals surface area contributed by atoms with Gasteiger partial charge in [-0.3, -0.25) is 0 Å². The first-order valence-corrected chi connectivity index (χ1v) is 6.26. The van der Waals surface area contributed by atoms with Crippen molar-refractivity contribution in [1.29, 1.82) is 0 Å². The molecule has 0 spiro atoms. The van der Waals surface area contributed by atoms with Crippen molar-refractivity contribution in [3.63, 3.8) is 0 Å². The number of hydrogen-bond donors (Lipinski definition) is 1. The van der Waals surface area contributed by atoms with E-state index in [0.29, 0.717) is 13.2 Å². The van der Waals surface area contributed by atoms with Crippen molar-refractivity contribution < 1.29 is 9.47 Å². The number of nitrogens with one attached hydrogen (secondary N) is 1. The second-order valence-corrected chi connectivity index (χ2v) is 4.04. The van der Waals surface area contributed by atoms with Crippen LogP contribution in [-0.4, -0.2) is 26.6 Å². The highest BCUT2D eigenvalue weighted by molar-refractivity contribution is 6.30. The summed E-state index contributed by atoms with van der Waals surface area (Å²) < 4.78 is 11.2. The summed E-state index contributed by atoms with van der Waals surface area (Å²) in [6, 6.07) is 7.70. The van der Waals surface area contributed by atoms with Crippen molar-refractivity contribution >= 4 is 11.6 Å². The predicted octanol–water partition coefficient (Wildman–Crippen LogP) is 3.00. The topological polar surface area (TPSA) is 30.5 Å². The lowest BCUT2D eigenvalue weighted by Gasteiger charge is -2.26. The van der Waals surface area contributed by atoms with E-state index < -0.39 is 0 Å². The number of rotatable bonds is 7. The molecule has 4 heteroatoms. The molecule has 1 N–H and O–H groups in total. The third-order valence-electron chi connectivity index (χ3n) is 2.45. The lowest BCUT2D eigenvalue weighted by molar-refractivity contribution is -0.154. The van der Waals surface area contributed by atoms with Crippen LogP contribution in [0.25, 0.3) is 0 Å². The van der Waals surface area contributed by atoms with Crippen LogP contribution < -0.4 is 5.32 Å². The zero-order valence-electron chi connectivity index (χ0n) is 10.6. The first kappa shape index (κ1) is 14.5. The van der Waals surface area contributed by atoms with E-state index in [-0.39, 0.29) is 12.3 Å². The maximum absolute atomic E-state index is 6.00. The SMILES string of the molecule is CCOC(OCC)C(NC)c1cccc(Cl)c1. The summed E-state index contributed by atoms with van der Waals surface area (Å²) in [7, 11) is 1.89. The summed E-state index contributed by atoms with van der Waals surface area (Å²) in [5.74, 6) is 0. The molecule has 0 saturated carbocycles. The average molecular weight is 258 g/mol. The van der Waals surface area contributed by atoms with Crippen LogP contribution in [0, 0.1) is 0 Å². The van der Waals surface area contributed by atoms with Gasteiger partial charge < -0.3 is 14.8 Å². The van der Waals surface area contributed by atoms with Gasteiger partial charge in [-0.05, 0) is 38.6 Å². The molecule has 17 heavy (non-hydrogen) atoms. The van der Waals surface area contributed by atoms with Crippen LogP contribution >= 0.6 is 11.6 Å². The first-order valence-electron chi connectivity index (χ1n) is 5.88. The molecule has 0 saturated heterocycles. The Morgan fingerprint density at radius 1 is 1.24 bits per heavy atom. The molecule has 0 heterocycles. The highest BCUT2D eigenvalue weighted by Crippen LogP contribution is 2.22. The van der Waals surface area contributed by atoms with Crippen LogP contribution in [0.15, 0.2) is 24.3 Å². The fourth-order valence-corrected chi connectivity index (χ4v) is 1.93. The smallest absolute Gasteiger partial charge is 0.176 e. The zero-order chi connectivity index (χ0) is 12.7. The van der Waals surface area contributed by atoms with Gasteiger partial charge in [-0.25, -0.2) is 0 Å². The second kappa shape index (κ2) is 7.67. The Morgan fingerprint density at radius 2 is 1.88 bits per heavy atom. The summed E-state index contributed by atoms with van der Waals surface area (Å²) in [4.78, 5) is 0. The van der Waals surface area contributed by atoms with E-state index in [1.807, 2.05) is 45.2 Å². The van der Waals surface area contributed by atoms with Gasteiger partial charge in [0.05, 0.1) is 6.04 Å². The molecule has 1 unspecified atom stereocenters. The van der Waals surface area contributed by atoms with Crippen LogP contribution in [0.3, 0.4) is 0 Å². The molecular formula is C13H20ClNO2. The molecular weight excluding hydrogens is 238 g/mol. The van der Waals surface area contributed by atoms with E-state index in [0.717, 1.165) is 10.6 Å². The van der Waals surface area contributed by atoms with Gasteiger partial charge in [-0.1, -0.05) is 23.7 Å². The first-order chi connectivity index (χ1) is 8.22.